The lowest BCUT2D eigenvalue weighted by Crippen LogP contribution is -2.16. The van der Waals surface area contributed by atoms with Crippen molar-refractivity contribution in [2.24, 2.45) is 0 Å². The molecule has 0 N–H and O–H groups in total. The summed E-state index contributed by atoms with van der Waals surface area (Å²) in [7, 11) is 5.25. The first kappa shape index (κ1) is 17.5. The van der Waals surface area contributed by atoms with Gasteiger partial charge < -0.3 is 14.4 Å². The Labute approximate surface area is 140 Å². The fourth-order valence-electron chi connectivity index (χ4n) is 2.08. The Kier molecular flexibility index (Phi) is 5.89. The van der Waals surface area contributed by atoms with Gasteiger partial charge in [0.05, 0.1) is 20.3 Å². The van der Waals surface area contributed by atoms with Crippen LogP contribution in [0.2, 0.25) is 0 Å². The van der Waals surface area contributed by atoms with Crippen molar-refractivity contribution in [3.05, 3.63) is 41.9 Å². The van der Waals surface area contributed by atoms with Gasteiger partial charge in [0, 0.05) is 20.3 Å². The van der Waals surface area contributed by atoms with E-state index >= 15 is 0 Å². The van der Waals surface area contributed by atoms with E-state index in [4.69, 9.17) is 9.47 Å². The van der Waals surface area contributed by atoms with Crippen LogP contribution in [-0.4, -0.2) is 58.9 Å². The highest BCUT2D eigenvalue weighted by Gasteiger charge is 2.21. The van der Waals surface area contributed by atoms with Gasteiger partial charge in [-0.05, 0) is 35.0 Å². The van der Waals surface area contributed by atoms with Crippen LogP contribution in [0.4, 0.5) is 0 Å². The molecule has 0 spiro atoms. The average molecular weight is 331 g/mol. The maximum atomic E-state index is 12.2. The molecule has 0 unspecified atom stereocenters. The van der Waals surface area contributed by atoms with Crippen LogP contribution in [0, 0.1) is 0 Å². The Morgan fingerprint density at radius 3 is 2.58 bits per heavy atom. The predicted octanol–water partition coefficient (Wildman–Crippen LogP) is 1.20. The minimum absolute atomic E-state index is 0.281. The van der Waals surface area contributed by atoms with Gasteiger partial charge in [-0.1, -0.05) is 12.1 Å². The first-order valence-corrected chi connectivity index (χ1v) is 7.50. The zero-order valence-corrected chi connectivity index (χ0v) is 14.3. The zero-order chi connectivity index (χ0) is 17.5. The smallest absolute Gasteiger partial charge is 0.343 e. The molecule has 0 amide bonds. The first-order chi connectivity index (χ1) is 11.5. The number of tetrazole rings is 1. The molecule has 0 saturated carbocycles. The van der Waals surface area contributed by atoms with Gasteiger partial charge in [0.15, 0.2) is 5.82 Å². The molecule has 128 valence electrons. The fraction of sp³-hybridized carbons (Fsp3) is 0.375. The average Bonchev–Trinajstić information content (AvgIpc) is 3.01. The highest BCUT2D eigenvalue weighted by atomic mass is 16.5. The van der Waals surface area contributed by atoms with Crippen molar-refractivity contribution in [3.8, 4) is 5.75 Å². The second-order valence-electron chi connectivity index (χ2n) is 5.24. The van der Waals surface area contributed by atoms with E-state index in [0.29, 0.717) is 17.9 Å². The van der Waals surface area contributed by atoms with Gasteiger partial charge in [-0.15, -0.1) is 5.10 Å². The van der Waals surface area contributed by atoms with E-state index in [9.17, 15) is 4.79 Å². The van der Waals surface area contributed by atoms with Crippen LogP contribution in [0.15, 0.2) is 30.5 Å². The summed E-state index contributed by atoms with van der Waals surface area (Å²) < 4.78 is 11.8. The number of methoxy groups -OCH3 is 1. The quantitative estimate of drug-likeness (QED) is 0.557. The molecule has 0 aliphatic rings. The molecule has 0 atom stereocenters. The van der Waals surface area contributed by atoms with Crippen molar-refractivity contribution >= 4 is 11.5 Å². The molecule has 1 heterocycles. The van der Waals surface area contributed by atoms with Crippen LogP contribution in [0.5, 0.6) is 5.75 Å². The normalized spacial score (nSPS) is 11.2. The molecule has 0 bridgehead atoms. The van der Waals surface area contributed by atoms with E-state index in [2.05, 4.69) is 15.5 Å². The van der Waals surface area contributed by atoms with Crippen LogP contribution in [0.1, 0.15) is 18.3 Å². The van der Waals surface area contributed by atoms with Crippen LogP contribution >= 0.6 is 0 Å². The summed E-state index contributed by atoms with van der Waals surface area (Å²) in [6.45, 7) is 2.46. The summed E-state index contributed by atoms with van der Waals surface area (Å²) in [6.07, 6.45) is 1.65. The molecule has 0 aliphatic heterocycles. The van der Waals surface area contributed by atoms with E-state index < -0.39 is 5.97 Å². The molecule has 8 nitrogen and oxygen atoms in total. The number of esters is 1. The van der Waals surface area contributed by atoms with Gasteiger partial charge in [-0.2, -0.15) is 0 Å². The van der Waals surface area contributed by atoms with E-state index in [1.807, 2.05) is 38.4 Å². The Morgan fingerprint density at radius 2 is 2.00 bits per heavy atom. The minimum atomic E-state index is -0.461. The Balaban J connectivity index is 2.30. The number of carbonyl (C=O) groups is 1. The molecular weight excluding hydrogens is 310 g/mol. The summed E-state index contributed by atoms with van der Waals surface area (Å²) in [6, 6.07) is 7.57. The third kappa shape index (κ3) is 4.31. The van der Waals surface area contributed by atoms with E-state index in [-0.39, 0.29) is 6.61 Å². The minimum Gasteiger partial charge on any atom is -0.497 e. The van der Waals surface area contributed by atoms with Crippen molar-refractivity contribution in [3.63, 3.8) is 0 Å². The zero-order valence-electron chi connectivity index (χ0n) is 14.3. The third-order valence-electron chi connectivity index (χ3n) is 3.15. The first-order valence-electron chi connectivity index (χ1n) is 7.50. The van der Waals surface area contributed by atoms with E-state index in [1.54, 1.807) is 29.8 Å². The summed E-state index contributed by atoms with van der Waals surface area (Å²) in [5, 5.41) is 11.7. The molecule has 1 aromatic heterocycles. The molecule has 0 saturated heterocycles. The lowest BCUT2D eigenvalue weighted by atomic mass is 10.2. The van der Waals surface area contributed by atoms with Gasteiger partial charge in [0.2, 0.25) is 0 Å². The summed E-state index contributed by atoms with van der Waals surface area (Å²) >= 11 is 0. The number of rotatable bonds is 7. The monoisotopic (exact) mass is 331 g/mol. The van der Waals surface area contributed by atoms with Gasteiger partial charge in [-0.25, -0.2) is 9.48 Å². The summed E-state index contributed by atoms with van der Waals surface area (Å²) in [4.78, 5) is 14.0. The molecule has 8 heteroatoms. The number of aromatic nitrogens is 4. The molecule has 0 fully saturated rings. The largest absolute Gasteiger partial charge is 0.497 e. The van der Waals surface area contributed by atoms with Crippen molar-refractivity contribution in [1.82, 2.24) is 25.1 Å². The number of hydrogen-bond acceptors (Lipinski definition) is 7. The van der Waals surface area contributed by atoms with Gasteiger partial charge in [0.25, 0.3) is 0 Å². The van der Waals surface area contributed by atoms with E-state index in [1.165, 1.54) is 0 Å². The topological polar surface area (TPSA) is 82.4 Å². The second-order valence-corrected chi connectivity index (χ2v) is 5.24. The molecule has 2 rings (SSSR count). The highest BCUT2D eigenvalue weighted by Crippen LogP contribution is 2.16. The van der Waals surface area contributed by atoms with Gasteiger partial charge in [0.1, 0.15) is 11.3 Å². The lowest BCUT2D eigenvalue weighted by Gasteiger charge is -2.11. The number of benzene rings is 1. The number of nitrogens with zero attached hydrogens (tertiary/aromatic N) is 5. The third-order valence-corrected chi connectivity index (χ3v) is 3.15. The van der Waals surface area contributed by atoms with Crippen molar-refractivity contribution in [2.75, 3.05) is 27.8 Å². The maximum Gasteiger partial charge on any atom is 0.343 e. The molecule has 0 radical (unpaired) electrons. The van der Waals surface area contributed by atoms with Gasteiger partial charge >= 0.3 is 5.97 Å². The maximum absolute atomic E-state index is 12.2. The second kappa shape index (κ2) is 8.09. The SMILES string of the molecule is CCOC(=O)C(=CN(C)C)c1nnnn1Cc1ccc(OC)cc1. The molecule has 1 aromatic carbocycles. The van der Waals surface area contributed by atoms with Crippen molar-refractivity contribution in [1.29, 1.82) is 0 Å². The van der Waals surface area contributed by atoms with Crippen molar-refractivity contribution < 1.29 is 14.3 Å². The van der Waals surface area contributed by atoms with Gasteiger partial charge in [-0.3, -0.25) is 0 Å². The number of ether oxygens (including phenoxy) is 2. The molecule has 0 aliphatic carbocycles. The predicted molar refractivity (Wildman–Crippen MR) is 88.2 cm³/mol. The molecule has 2 aromatic rings. The van der Waals surface area contributed by atoms with Crippen LogP contribution in [0.3, 0.4) is 0 Å². The lowest BCUT2D eigenvalue weighted by molar-refractivity contribution is -0.136. The Bertz CT molecular complexity index is 707. The van der Waals surface area contributed by atoms with Crippen molar-refractivity contribution in [2.45, 2.75) is 13.5 Å². The van der Waals surface area contributed by atoms with E-state index in [0.717, 1.165) is 11.3 Å². The summed E-state index contributed by atoms with van der Waals surface area (Å²) in [5.74, 6) is 0.672. The Hall–Kier alpha value is -2.90. The molecular formula is C16H21N5O3. The molecule has 24 heavy (non-hydrogen) atoms. The Morgan fingerprint density at radius 1 is 1.29 bits per heavy atom. The number of carbonyl (C=O) groups excluding carboxylic acids is 1. The highest BCUT2D eigenvalue weighted by molar-refractivity contribution is 6.15. The fourth-order valence-corrected chi connectivity index (χ4v) is 2.08. The standard InChI is InChI=1S/C16H21N5O3/c1-5-24-16(22)14(11-20(2)3)15-17-18-19-21(15)10-12-6-8-13(23-4)9-7-12/h6-9,11H,5,10H2,1-4H3. The van der Waals surface area contributed by atoms with Crippen LogP contribution in [0.25, 0.3) is 5.57 Å². The number of hydrogen-bond donors (Lipinski definition) is 0. The summed E-state index contributed by atoms with van der Waals surface area (Å²) in [5.41, 5.74) is 1.29. The van der Waals surface area contributed by atoms with Crippen LogP contribution < -0.4 is 4.74 Å². The van der Waals surface area contributed by atoms with Crippen LogP contribution in [-0.2, 0) is 16.1 Å².